The lowest BCUT2D eigenvalue weighted by Gasteiger charge is -2.08. The van der Waals surface area contributed by atoms with E-state index in [4.69, 9.17) is 9.97 Å². The highest BCUT2D eigenvalue weighted by molar-refractivity contribution is 6.52. The van der Waals surface area contributed by atoms with Crippen molar-refractivity contribution in [3.63, 3.8) is 0 Å². The molecule has 1 unspecified atom stereocenters. The molecule has 0 saturated carbocycles. The summed E-state index contributed by atoms with van der Waals surface area (Å²) in [5.74, 6) is -1.99. The summed E-state index contributed by atoms with van der Waals surface area (Å²) >= 11 is 0. The molecule has 0 aliphatic carbocycles. The summed E-state index contributed by atoms with van der Waals surface area (Å²) in [5, 5.41) is 11.7. The van der Waals surface area contributed by atoms with Crippen molar-refractivity contribution in [2.24, 2.45) is 0 Å². The minimum Gasteiger partial charge on any atom is -0.378 e. The zero-order valence-electron chi connectivity index (χ0n) is 27.5. The summed E-state index contributed by atoms with van der Waals surface area (Å²) in [5.41, 5.74) is 7.04. The van der Waals surface area contributed by atoms with Gasteiger partial charge >= 0.3 is 0 Å². The Morgan fingerprint density at radius 3 is 1.12 bits per heavy atom. The summed E-state index contributed by atoms with van der Waals surface area (Å²) in [6.45, 7) is 0. The van der Waals surface area contributed by atoms with E-state index in [1.807, 2.05) is 140 Å². The van der Waals surface area contributed by atoms with Crippen LogP contribution in [0.1, 0.15) is 43.3 Å². The van der Waals surface area contributed by atoms with Gasteiger partial charge in [0, 0.05) is 44.3 Å². The summed E-state index contributed by atoms with van der Waals surface area (Å²) < 4.78 is 0. The molecule has 0 saturated heterocycles. The van der Waals surface area contributed by atoms with Crippen LogP contribution in [0.15, 0.2) is 146 Å². The first-order valence-electron chi connectivity index (χ1n) is 16.8. The summed E-state index contributed by atoms with van der Waals surface area (Å²) in [7, 11) is 0. The van der Waals surface area contributed by atoms with E-state index < -0.39 is 23.5 Å². The van der Waals surface area contributed by atoms with Crippen LogP contribution >= 0.6 is 0 Å². The molecule has 2 aliphatic rings. The number of carbonyl (C=O) groups is 3. The van der Waals surface area contributed by atoms with Gasteiger partial charge in [-0.15, -0.1) is 0 Å². The van der Waals surface area contributed by atoms with Crippen molar-refractivity contribution in [1.29, 1.82) is 0 Å². The number of ketones is 3. The van der Waals surface area contributed by atoms with Crippen LogP contribution in [0.25, 0.3) is 66.6 Å². The van der Waals surface area contributed by atoms with Gasteiger partial charge in [0.2, 0.25) is 5.78 Å². The predicted molar refractivity (Wildman–Crippen MR) is 201 cm³/mol. The highest BCUT2D eigenvalue weighted by atomic mass is 16.3. The molecule has 9 rings (SSSR count). The highest BCUT2D eigenvalue weighted by Crippen LogP contribution is 2.40. The first-order valence-corrected chi connectivity index (χ1v) is 16.8. The van der Waals surface area contributed by atoms with Crippen LogP contribution in [0.4, 0.5) is 0 Å². The predicted octanol–water partition coefficient (Wildman–Crippen LogP) is 8.96. The number of nitrogens with zero attached hydrogens (tertiary/aromatic N) is 2. The molecule has 4 aromatic carbocycles. The second kappa shape index (κ2) is 12.4. The number of carbonyl (C=O) groups excluding carboxylic acids is 3. The molecule has 8 heteroatoms. The molecule has 52 heavy (non-hydrogen) atoms. The van der Waals surface area contributed by atoms with Crippen molar-refractivity contribution in [3.8, 4) is 44.5 Å². The van der Waals surface area contributed by atoms with Crippen LogP contribution in [0.3, 0.4) is 0 Å². The Morgan fingerprint density at radius 1 is 0.404 bits per heavy atom. The average molecular weight is 677 g/mol. The largest absolute Gasteiger partial charge is 0.378 e. The molecule has 3 aromatic heterocycles. The van der Waals surface area contributed by atoms with Crippen molar-refractivity contribution in [1.82, 2.24) is 19.9 Å². The summed E-state index contributed by atoms with van der Waals surface area (Å²) in [4.78, 5) is 59.2. The first kappa shape index (κ1) is 31.0. The Bertz CT molecular complexity index is 2740. The van der Waals surface area contributed by atoms with E-state index in [9.17, 15) is 19.5 Å². The maximum atomic E-state index is 14.2. The van der Waals surface area contributed by atoms with E-state index in [1.165, 1.54) is 0 Å². The minimum absolute atomic E-state index is 0.00466. The molecule has 0 spiro atoms. The standard InChI is InChI=1S/C44H28N4O4/c49-41-37-33(25-13-5-1-6-14-25)29-21-22-30(45-29)34(26-15-7-2-8-16-26)39-43(51)44(52)40(48-39)36(28-19-11-4-12-20-28)32-24-23-31(46-32)35(38(47-37)42(41)50)27-17-9-3-10-18-27/h1-24,41,45-46,49H. The molecular formula is C44H28N4O4. The van der Waals surface area contributed by atoms with Crippen LogP contribution < -0.4 is 0 Å². The third kappa shape index (κ3) is 5.01. The molecule has 3 N–H and O–H groups in total. The fourth-order valence-electron chi connectivity index (χ4n) is 7.12. The first-order chi connectivity index (χ1) is 25.5. The third-order valence-corrected chi connectivity index (χ3v) is 9.50. The van der Waals surface area contributed by atoms with Crippen LogP contribution in [0.2, 0.25) is 0 Å². The van der Waals surface area contributed by atoms with Crippen molar-refractivity contribution in [2.75, 3.05) is 0 Å². The average Bonchev–Trinajstić information content (AvgIpc) is 3.98. The van der Waals surface area contributed by atoms with E-state index in [-0.39, 0.29) is 22.8 Å². The van der Waals surface area contributed by atoms with Crippen LogP contribution in [0.5, 0.6) is 0 Å². The minimum atomic E-state index is -1.56. The molecule has 8 bridgehead atoms. The van der Waals surface area contributed by atoms with Gasteiger partial charge in [0.15, 0.2) is 6.10 Å². The number of fused-ring (bicyclic) bond motifs is 8. The van der Waals surface area contributed by atoms with Crippen LogP contribution in [0, 0.1) is 0 Å². The van der Waals surface area contributed by atoms with Crippen molar-refractivity contribution in [2.45, 2.75) is 6.10 Å². The van der Waals surface area contributed by atoms with Gasteiger partial charge in [-0.05, 0) is 46.5 Å². The smallest absolute Gasteiger partial charge is 0.254 e. The number of nitrogens with one attached hydrogen (secondary N) is 2. The number of aromatic amines is 2. The Hall–Kier alpha value is -7.03. The van der Waals surface area contributed by atoms with Gasteiger partial charge < -0.3 is 15.1 Å². The van der Waals surface area contributed by atoms with E-state index >= 15 is 0 Å². The molecule has 7 aromatic rings. The van der Waals surface area contributed by atoms with E-state index in [2.05, 4.69) is 9.97 Å². The Balaban J connectivity index is 1.54. The van der Waals surface area contributed by atoms with Gasteiger partial charge in [-0.2, -0.15) is 0 Å². The number of H-pyrrole nitrogens is 2. The van der Waals surface area contributed by atoms with Crippen LogP contribution in [-0.2, 0) is 0 Å². The molecule has 2 aliphatic heterocycles. The second-order valence-corrected chi connectivity index (χ2v) is 12.6. The lowest BCUT2D eigenvalue weighted by atomic mass is 9.98. The van der Waals surface area contributed by atoms with E-state index in [0.717, 1.165) is 5.56 Å². The normalized spacial score (nSPS) is 14.2. The maximum absolute atomic E-state index is 14.2. The quantitative estimate of drug-likeness (QED) is 0.160. The molecule has 8 nitrogen and oxygen atoms in total. The van der Waals surface area contributed by atoms with Gasteiger partial charge in [0.1, 0.15) is 17.1 Å². The number of aliphatic hydroxyl groups is 1. The van der Waals surface area contributed by atoms with Crippen molar-refractivity contribution in [3.05, 3.63) is 168 Å². The molecule has 248 valence electrons. The number of aliphatic hydroxyl groups excluding tert-OH is 1. The number of rotatable bonds is 4. The maximum Gasteiger partial charge on any atom is 0.254 e. The van der Waals surface area contributed by atoms with Crippen LogP contribution in [-0.4, -0.2) is 42.4 Å². The van der Waals surface area contributed by atoms with Gasteiger partial charge in [-0.25, -0.2) is 9.97 Å². The molecule has 5 heterocycles. The Morgan fingerprint density at radius 2 is 0.731 bits per heavy atom. The number of hydrogen-bond donors (Lipinski definition) is 3. The van der Waals surface area contributed by atoms with Gasteiger partial charge in [-0.3, -0.25) is 14.4 Å². The zero-order valence-corrected chi connectivity index (χ0v) is 27.5. The van der Waals surface area contributed by atoms with Crippen molar-refractivity contribution < 1.29 is 19.5 Å². The van der Waals surface area contributed by atoms with Gasteiger partial charge in [0.05, 0.1) is 5.69 Å². The Kier molecular flexibility index (Phi) is 7.38. The lowest BCUT2D eigenvalue weighted by Crippen LogP contribution is -2.09. The van der Waals surface area contributed by atoms with Crippen molar-refractivity contribution >= 4 is 39.4 Å². The number of Topliss-reactive ketones (excluding diaryl/α,β-unsaturated/α-hetero) is 3. The van der Waals surface area contributed by atoms with Gasteiger partial charge in [-0.1, -0.05) is 121 Å². The highest BCUT2D eigenvalue weighted by Gasteiger charge is 2.36. The molecular weight excluding hydrogens is 649 g/mol. The fourth-order valence-corrected chi connectivity index (χ4v) is 7.12. The number of hydrogen-bond acceptors (Lipinski definition) is 6. The number of aromatic nitrogens is 4. The SMILES string of the molecule is O=C1C(=O)c2nc1c(-c1ccccc1)c1ccc([nH]1)c(-c1ccccc1)c1nc(c(-c3ccccc3)c3ccc([nH]3)c2-c2ccccc2)C(O)C1=O. The summed E-state index contributed by atoms with van der Waals surface area (Å²) in [6.07, 6.45) is -1.56. The fraction of sp³-hybridized carbons (Fsp3) is 0.0227. The van der Waals surface area contributed by atoms with Gasteiger partial charge in [0.25, 0.3) is 11.6 Å². The molecule has 0 fully saturated rings. The Labute approximate surface area is 297 Å². The topological polar surface area (TPSA) is 129 Å². The molecule has 1 atom stereocenters. The molecule has 0 radical (unpaired) electrons. The van der Waals surface area contributed by atoms with E-state index in [0.29, 0.717) is 61.0 Å². The number of benzene rings is 4. The molecule has 0 amide bonds. The second-order valence-electron chi connectivity index (χ2n) is 12.6. The third-order valence-electron chi connectivity index (χ3n) is 9.50. The zero-order chi connectivity index (χ0) is 35.3. The van der Waals surface area contributed by atoms with E-state index in [1.54, 1.807) is 6.07 Å². The summed E-state index contributed by atoms with van der Waals surface area (Å²) in [6, 6.07) is 44.6. The lowest BCUT2D eigenvalue weighted by molar-refractivity contribution is 0.0767. The monoisotopic (exact) mass is 676 g/mol.